The van der Waals surface area contributed by atoms with Gasteiger partial charge in [0.15, 0.2) is 5.78 Å². The van der Waals surface area contributed by atoms with Crippen LogP contribution in [-0.4, -0.2) is 24.5 Å². The minimum atomic E-state index is -0.153. The van der Waals surface area contributed by atoms with E-state index in [9.17, 15) is 4.79 Å². The van der Waals surface area contributed by atoms with Crippen LogP contribution in [0.4, 0.5) is 0 Å². The van der Waals surface area contributed by atoms with Crippen LogP contribution in [-0.2, 0) is 0 Å². The van der Waals surface area contributed by atoms with Gasteiger partial charge in [0.1, 0.15) is 5.75 Å². The van der Waals surface area contributed by atoms with Crippen LogP contribution in [0.2, 0.25) is 0 Å². The van der Waals surface area contributed by atoms with E-state index in [2.05, 4.69) is 5.32 Å². The van der Waals surface area contributed by atoms with Gasteiger partial charge in [-0.2, -0.15) is 0 Å². The molecule has 0 spiro atoms. The first kappa shape index (κ1) is 15.0. The van der Waals surface area contributed by atoms with E-state index in [0.717, 1.165) is 0 Å². The second kappa shape index (κ2) is 7.44. The van der Waals surface area contributed by atoms with Gasteiger partial charge in [-0.25, -0.2) is 0 Å². The first-order chi connectivity index (χ1) is 9.72. The first-order valence-electron chi connectivity index (χ1n) is 7.74. The molecule has 1 aliphatic rings. The highest BCUT2D eigenvalue weighted by Gasteiger charge is 2.22. The lowest BCUT2D eigenvalue weighted by Crippen LogP contribution is -2.42. The first-order valence-corrected chi connectivity index (χ1v) is 7.74. The summed E-state index contributed by atoms with van der Waals surface area (Å²) >= 11 is 0. The molecule has 3 nitrogen and oxygen atoms in total. The van der Waals surface area contributed by atoms with Crippen LogP contribution in [0.15, 0.2) is 24.3 Å². The number of hydrogen-bond acceptors (Lipinski definition) is 3. The summed E-state index contributed by atoms with van der Waals surface area (Å²) in [6.45, 7) is 4.47. The average molecular weight is 275 g/mol. The van der Waals surface area contributed by atoms with Crippen LogP contribution in [0.5, 0.6) is 5.75 Å². The number of ketones is 1. The fraction of sp³-hybridized carbons (Fsp3) is 0.588. The Balaban J connectivity index is 2.02. The predicted molar refractivity (Wildman–Crippen MR) is 81.4 cm³/mol. The Kier molecular flexibility index (Phi) is 5.60. The van der Waals surface area contributed by atoms with Crippen LogP contribution >= 0.6 is 0 Å². The monoisotopic (exact) mass is 275 g/mol. The third-order valence-corrected chi connectivity index (χ3v) is 3.94. The number of rotatable bonds is 6. The zero-order valence-electron chi connectivity index (χ0n) is 12.5. The summed E-state index contributed by atoms with van der Waals surface area (Å²) in [5.41, 5.74) is 0.685. The average Bonchev–Trinajstić information content (AvgIpc) is 2.48. The zero-order valence-corrected chi connectivity index (χ0v) is 12.5. The maximum absolute atomic E-state index is 12.6. The summed E-state index contributed by atoms with van der Waals surface area (Å²) in [4.78, 5) is 12.6. The van der Waals surface area contributed by atoms with Crippen molar-refractivity contribution in [2.24, 2.45) is 0 Å². The van der Waals surface area contributed by atoms with E-state index < -0.39 is 0 Å². The second-order valence-corrected chi connectivity index (χ2v) is 5.52. The third-order valence-electron chi connectivity index (χ3n) is 3.94. The van der Waals surface area contributed by atoms with Crippen molar-refractivity contribution < 1.29 is 9.53 Å². The molecule has 110 valence electrons. The van der Waals surface area contributed by atoms with Gasteiger partial charge in [0.05, 0.1) is 18.2 Å². The van der Waals surface area contributed by atoms with Crippen LogP contribution in [0.1, 0.15) is 56.3 Å². The number of ether oxygens (including phenoxy) is 1. The number of nitrogens with one attached hydrogen (secondary N) is 1. The SMILES string of the molecule is CCOc1ccccc1C(=O)C(C)NC1CCCCC1. The molecule has 1 fully saturated rings. The van der Waals surface area contributed by atoms with Crippen molar-refractivity contribution in [1.82, 2.24) is 5.32 Å². The Labute approximate surface area is 121 Å². The quantitative estimate of drug-likeness (QED) is 0.806. The molecule has 0 radical (unpaired) electrons. The molecule has 1 aromatic rings. The van der Waals surface area contributed by atoms with Crippen LogP contribution in [0.3, 0.4) is 0 Å². The lowest BCUT2D eigenvalue weighted by Gasteiger charge is -2.26. The molecule has 0 aromatic heterocycles. The van der Waals surface area contributed by atoms with Gasteiger partial charge in [-0.15, -0.1) is 0 Å². The molecule has 0 saturated heterocycles. The predicted octanol–water partition coefficient (Wildman–Crippen LogP) is 3.58. The largest absolute Gasteiger partial charge is 0.493 e. The van der Waals surface area contributed by atoms with E-state index in [0.29, 0.717) is 24.0 Å². The highest BCUT2D eigenvalue weighted by atomic mass is 16.5. The molecule has 1 unspecified atom stereocenters. The maximum Gasteiger partial charge on any atom is 0.183 e. The van der Waals surface area contributed by atoms with Crippen LogP contribution in [0, 0.1) is 0 Å². The standard InChI is InChI=1S/C17H25NO2/c1-3-20-16-12-8-7-11-15(16)17(19)13(2)18-14-9-5-4-6-10-14/h7-8,11-14,18H,3-6,9-10H2,1-2H3. The highest BCUT2D eigenvalue weighted by Crippen LogP contribution is 2.21. The number of para-hydroxylation sites is 1. The lowest BCUT2D eigenvalue weighted by molar-refractivity contribution is 0.0936. The van der Waals surface area contributed by atoms with Gasteiger partial charge in [-0.05, 0) is 38.8 Å². The third kappa shape index (κ3) is 3.83. The Bertz CT molecular complexity index is 438. The van der Waals surface area contributed by atoms with Crippen molar-refractivity contribution in [2.45, 2.75) is 58.0 Å². The summed E-state index contributed by atoms with van der Waals surface area (Å²) in [6, 6.07) is 7.85. The molecule has 0 aliphatic heterocycles. The topological polar surface area (TPSA) is 38.3 Å². The molecule has 1 atom stereocenters. The summed E-state index contributed by atoms with van der Waals surface area (Å²) < 4.78 is 5.55. The number of benzene rings is 1. The highest BCUT2D eigenvalue weighted by molar-refractivity contribution is 6.02. The fourth-order valence-electron chi connectivity index (χ4n) is 2.88. The van der Waals surface area contributed by atoms with Crippen LogP contribution in [0.25, 0.3) is 0 Å². The Hall–Kier alpha value is -1.35. The molecule has 1 aliphatic carbocycles. The zero-order chi connectivity index (χ0) is 14.4. The minimum absolute atomic E-state index is 0.125. The van der Waals surface area contributed by atoms with E-state index in [1.807, 2.05) is 38.1 Å². The van der Waals surface area contributed by atoms with E-state index in [1.165, 1.54) is 32.1 Å². The molecule has 3 heteroatoms. The van der Waals surface area contributed by atoms with E-state index >= 15 is 0 Å². The molecule has 1 aromatic carbocycles. The summed E-state index contributed by atoms with van der Waals surface area (Å²) in [6.07, 6.45) is 6.24. The van der Waals surface area contributed by atoms with E-state index in [4.69, 9.17) is 4.74 Å². The smallest absolute Gasteiger partial charge is 0.183 e. The van der Waals surface area contributed by atoms with E-state index in [1.54, 1.807) is 0 Å². The molecule has 1 saturated carbocycles. The van der Waals surface area contributed by atoms with E-state index in [-0.39, 0.29) is 11.8 Å². The number of hydrogen-bond donors (Lipinski definition) is 1. The number of Topliss-reactive ketones (excluding diaryl/α,β-unsaturated/α-hetero) is 1. The van der Waals surface area contributed by atoms with Crippen molar-refractivity contribution in [3.63, 3.8) is 0 Å². The van der Waals surface area contributed by atoms with Gasteiger partial charge in [0.25, 0.3) is 0 Å². The number of carbonyl (C=O) groups excluding carboxylic acids is 1. The fourth-order valence-corrected chi connectivity index (χ4v) is 2.88. The Morgan fingerprint density at radius 2 is 2.00 bits per heavy atom. The number of carbonyl (C=O) groups is 1. The molecule has 20 heavy (non-hydrogen) atoms. The Morgan fingerprint density at radius 3 is 2.70 bits per heavy atom. The molecular formula is C17H25NO2. The molecule has 0 heterocycles. The normalized spacial score (nSPS) is 17.7. The molecule has 0 bridgehead atoms. The van der Waals surface area contributed by atoms with Crippen molar-refractivity contribution in [2.75, 3.05) is 6.61 Å². The van der Waals surface area contributed by atoms with Gasteiger partial charge >= 0.3 is 0 Å². The van der Waals surface area contributed by atoms with Crippen molar-refractivity contribution in [1.29, 1.82) is 0 Å². The molecule has 1 N–H and O–H groups in total. The Morgan fingerprint density at radius 1 is 1.30 bits per heavy atom. The van der Waals surface area contributed by atoms with Crippen molar-refractivity contribution in [3.05, 3.63) is 29.8 Å². The minimum Gasteiger partial charge on any atom is -0.493 e. The van der Waals surface area contributed by atoms with Gasteiger partial charge in [0.2, 0.25) is 0 Å². The molecule has 0 amide bonds. The van der Waals surface area contributed by atoms with Crippen molar-refractivity contribution in [3.8, 4) is 5.75 Å². The lowest BCUT2D eigenvalue weighted by atomic mass is 9.94. The summed E-state index contributed by atoms with van der Waals surface area (Å²) in [5.74, 6) is 0.817. The second-order valence-electron chi connectivity index (χ2n) is 5.52. The summed E-state index contributed by atoms with van der Waals surface area (Å²) in [7, 11) is 0. The molecular weight excluding hydrogens is 250 g/mol. The van der Waals surface area contributed by atoms with Crippen LogP contribution < -0.4 is 10.1 Å². The van der Waals surface area contributed by atoms with Gasteiger partial charge in [-0.3, -0.25) is 4.79 Å². The van der Waals surface area contributed by atoms with Crippen molar-refractivity contribution >= 4 is 5.78 Å². The maximum atomic E-state index is 12.6. The van der Waals surface area contributed by atoms with Gasteiger partial charge in [-0.1, -0.05) is 31.4 Å². The van der Waals surface area contributed by atoms with Gasteiger partial charge < -0.3 is 10.1 Å². The summed E-state index contributed by atoms with van der Waals surface area (Å²) in [5, 5.41) is 3.48. The van der Waals surface area contributed by atoms with Gasteiger partial charge in [0, 0.05) is 6.04 Å². The molecule has 2 rings (SSSR count).